The summed E-state index contributed by atoms with van der Waals surface area (Å²) in [6.07, 6.45) is 4.10. The van der Waals surface area contributed by atoms with E-state index in [1.54, 1.807) is 59.1 Å². The Morgan fingerprint density at radius 1 is 1.07 bits per heavy atom. The van der Waals surface area contributed by atoms with Crippen LogP contribution in [0.25, 0.3) is 11.1 Å². The zero-order valence-electron chi connectivity index (χ0n) is 23.7. The second kappa shape index (κ2) is 11.8. The van der Waals surface area contributed by atoms with Crippen molar-refractivity contribution in [1.29, 1.82) is 0 Å². The molecule has 40 heavy (non-hydrogen) atoms. The molecule has 1 aliphatic rings. The molecule has 0 bridgehead atoms. The molecule has 1 amide bonds. The summed E-state index contributed by atoms with van der Waals surface area (Å²) in [5, 5.41) is 26.6. The number of aromatic nitrogens is 1. The first-order valence-electron chi connectivity index (χ1n) is 13.6. The highest BCUT2D eigenvalue weighted by Gasteiger charge is 2.23. The maximum Gasteiger partial charge on any atom is 0.252 e. The minimum absolute atomic E-state index is 0.00599. The third-order valence-corrected chi connectivity index (χ3v) is 7.34. The van der Waals surface area contributed by atoms with Gasteiger partial charge in [0.1, 0.15) is 17.3 Å². The Bertz CT molecular complexity index is 1430. The van der Waals surface area contributed by atoms with Crippen LogP contribution in [0.2, 0.25) is 0 Å². The number of ether oxygens (including phenoxy) is 1. The standard InChI is InChI=1S/C31H38FN3O5/c1-18-12-21(32)13-19(2)30(18)40-27-11-6-20(31(3,4)39)14-24(27)25-17-35(5)29(38)15-26(25)33-16-28(37)34-22-7-9-23(36)10-8-22/h6,11-15,17,22-23,33,36,39H,7-10,16H2,1-5H3,(H,34,37). The zero-order chi connectivity index (χ0) is 29.2. The van der Waals surface area contributed by atoms with E-state index < -0.39 is 5.60 Å². The minimum atomic E-state index is -1.16. The van der Waals surface area contributed by atoms with Gasteiger partial charge >= 0.3 is 0 Å². The fourth-order valence-corrected chi connectivity index (χ4v) is 5.04. The number of carbonyl (C=O) groups excluding carboxylic acids is 1. The second-order valence-electron chi connectivity index (χ2n) is 11.2. The average molecular weight is 552 g/mol. The predicted molar refractivity (Wildman–Crippen MR) is 153 cm³/mol. The number of hydrogen-bond acceptors (Lipinski definition) is 6. The van der Waals surface area contributed by atoms with Crippen molar-refractivity contribution >= 4 is 11.6 Å². The molecule has 8 nitrogen and oxygen atoms in total. The molecule has 9 heteroatoms. The van der Waals surface area contributed by atoms with Crippen LogP contribution in [0.1, 0.15) is 56.2 Å². The van der Waals surface area contributed by atoms with Crippen LogP contribution in [0.15, 0.2) is 47.4 Å². The Hall–Kier alpha value is -3.69. The van der Waals surface area contributed by atoms with Gasteiger partial charge in [-0.2, -0.15) is 0 Å². The van der Waals surface area contributed by atoms with Crippen LogP contribution in [0.5, 0.6) is 11.5 Å². The molecule has 0 atom stereocenters. The summed E-state index contributed by atoms with van der Waals surface area (Å²) in [5.74, 6) is 0.382. The Labute approximate surface area is 233 Å². The van der Waals surface area contributed by atoms with Gasteiger partial charge < -0.3 is 30.2 Å². The quantitative estimate of drug-likeness (QED) is 0.324. The number of rotatable bonds is 8. The number of nitrogens with one attached hydrogen (secondary N) is 2. The van der Waals surface area contributed by atoms with Crippen LogP contribution in [0.3, 0.4) is 0 Å². The molecule has 3 aromatic rings. The van der Waals surface area contributed by atoms with Gasteiger partial charge in [-0.05, 0) is 94.3 Å². The summed E-state index contributed by atoms with van der Waals surface area (Å²) in [6.45, 7) is 6.82. The van der Waals surface area contributed by atoms with Crippen molar-refractivity contribution in [3.05, 3.63) is 75.5 Å². The molecule has 0 aliphatic heterocycles. The molecule has 4 rings (SSSR count). The van der Waals surface area contributed by atoms with Gasteiger partial charge in [0.2, 0.25) is 5.91 Å². The number of halogens is 1. The number of hydrogen-bond donors (Lipinski definition) is 4. The molecule has 0 radical (unpaired) electrons. The van der Waals surface area contributed by atoms with Gasteiger partial charge in [-0.25, -0.2) is 4.39 Å². The molecule has 214 valence electrons. The van der Waals surface area contributed by atoms with E-state index in [9.17, 15) is 24.2 Å². The van der Waals surface area contributed by atoms with Crippen LogP contribution >= 0.6 is 0 Å². The van der Waals surface area contributed by atoms with Crippen LogP contribution < -0.4 is 20.9 Å². The summed E-state index contributed by atoms with van der Waals surface area (Å²) in [5.41, 5.74) is 2.07. The summed E-state index contributed by atoms with van der Waals surface area (Å²) < 4.78 is 21.7. The van der Waals surface area contributed by atoms with E-state index in [4.69, 9.17) is 4.74 Å². The van der Waals surface area contributed by atoms with Crippen molar-refractivity contribution in [3.63, 3.8) is 0 Å². The van der Waals surface area contributed by atoms with Gasteiger partial charge in [0.25, 0.3) is 5.56 Å². The van der Waals surface area contributed by atoms with Crippen molar-refractivity contribution in [3.8, 4) is 22.6 Å². The highest BCUT2D eigenvalue weighted by Crippen LogP contribution is 2.41. The average Bonchev–Trinajstić information content (AvgIpc) is 2.87. The lowest BCUT2D eigenvalue weighted by Gasteiger charge is -2.26. The zero-order valence-corrected chi connectivity index (χ0v) is 23.7. The van der Waals surface area contributed by atoms with Crippen molar-refractivity contribution in [2.45, 2.75) is 71.1 Å². The van der Waals surface area contributed by atoms with Crippen LogP contribution in [-0.4, -0.2) is 39.4 Å². The summed E-state index contributed by atoms with van der Waals surface area (Å²) >= 11 is 0. The maximum atomic E-state index is 14.0. The van der Waals surface area contributed by atoms with Gasteiger partial charge in [-0.15, -0.1) is 0 Å². The van der Waals surface area contributed by atoms with E-state index in [1.165, 1.54) is 22.8 Å². The van der Waals surface area contributed by atoms with E-state index >= 15 is 0 Å². The van der Waals surface area contributed by atoms with E-state index in [1.807, 2.05) is 0 Å². The molecule has 4 N–H and O–H groups in total. The largest absolute Gasteiger partial charge is 0.456 e. The molecule has 1 aromatic heterocycles. The highest BCUT2D eigenvalue weighted by atomic mass is 19.1. The van der Waals surface area contributed by atoms with Gasteiger partial charge in [0.15, 0.2) is 0 Å². The Kier molecular flexibility index (Phi) is 8.65. The first kappa shape index (κ1) is 29.3. The normalized spacial score (nSPS) is 17.4. The van der Waals surface area contributed by atoms with Gasteiger partial charge in [0, 0.05) is 42.2 Å². The van der Waals surface area contributed by atoms with E-state index in [0.717, 1.165) is 12.8 Å². The fourth-order valence-electron chi connectivity index (χ4n) is 5.04. The van der Waals surface area contributed by atoms with Crippen molar-refractivity contribution in [2.24, 2.45) is 7.05 Å². The number of benzene rings is 2. The maximum absolute atomic E-state index is 14.0. The monoisotopic (exact) mass is 551 g/mol. The lowest BCUT2D eigenvalue weighted by atomic mass is 9.93. The molecule has 1 aliphatic carbocycles. The molecule has 2 aromatic carbocycles. The summed E-state index contributed by atoms with van der Waals surface area (Å²) in [7, 11) is 1.63. The molecule has 0 saturated heterocycles. The Balaban J connectivity index is 1.71. The third-order valence-electron chi connectivity index (χ3n) is 7.34. The first-order chi connectivity index (χ1) is 18.8. The van der Waals surface area contributed by atoms with Crippen molar-refractivity contribution in [2.75, 3.05) is 11.9 Å². The lowest BCUT2D eigenvalue weighted by Crippen LogP contribution is -2.41. The molecule has 1 fully saturated rings. The van der Waals surface area contributed by atoms with Crippen molar-refractivity contribution < 1.29 is 24.1 Å². The molecule has 1 saturated carbocycles. The van der Waals surface area contributed by atoms with Gasteiger partial charge in [0.05, 0.1) is 18.2 Å². The molecule has 0 unspecified atom stereocenters. The van der Waals surface area contributed by atoms with Gasteiger partial charge in [-0.3, -0.25) is 9.59 Å². The first-order valence-corrected chi connectivity index (χ1v) is 13.6. The number of amides is 1. The number of aliphatic hydroxyl groups is 2. The minimum Gasteiger partial charge on any atom is -0.456 e. The number of pyridine rings is 1. The molecular formula is C31H38FN3O5. The number of carbonyl (C=O) groups is 1. The highest BCUT2D eigenvalue weighted by molar-refractivity contribution is 5.86. The van der Waals surface area contributed by atoms with E-state index in [2.05, 4.69) is 10.6 Å². The molecular weight excluding hydrogens is 513 g/mol. The lowest BCUT2D eigenvalue weighted by molar-refractivity contribution is -0.120. The van der Waals surface area contributed by atoms with Gasteiger partial charge in [-0.1, -0.05) is 6.07 Å². The predicted octanol–water partition coefficient (Wildman–Crippen LogP) is 4.66. The second-order valence-corrected chi connectivity index (χ2v) is 11.2. The SMILES string of the molecule is Cc1cc(F)cc(C)c1Oc1ccc(C(C)(C)O)cc1-c1cn(C)c(=O)cc1NCC(=O)NC1CCC(O)CC1. The number of anilines is 1. The summed E-state index contributed by atoms with van der Waals surface area (Å²) in [4.78, 5) is 25.4. The number of aryl methyl sites for hydroxylation is 3. The Morgan fingerprint density at radius 2 is 1.73 bits per heavy atom. The number of aliphatic hydroxyl groups excluding tert-OH is 1. The Morgan fingerprint density at radius 3 is 2.35 bits per heavy atom. The van der Waals surface area contributed by atoms with Crippen LogP contribution in [0.4, 0.5) is 10.1 Å². The third kappa shape index (κ3) is 6.89. The number of nitrogens with zero attached hydrogens (tertiary/aromatic N) is 1. The molecule has 1 heterocycles. The molecule has 0 spiro atoms. The van der Waals surface area contributed by atoms with E-state index in [-0.39, 0.29) is 36.0 Å². The van der Waals surface area contributed by atoms with E-state index in [0.29, 0.717) is 57.8 Å². The topological polar surface area (TPSA) is 113 Å². The van der Waals surface area contributed by atoms with Crippen LogP contribution in [0, 0.1) is 19.7 Å². The smallest absolute Gasteiger partial charge is 0.252 e. The summed E-state index contributed by atoms with van der Waals surface area (Å²) in [6, 6.07) is 9.53. The van der Waals surface area contributed by atoms with Crippen LogP contribution in [-0.2, 0) is 17.4 Å². The fraction of sp³-hybridized carbons (Fsp3) is 0.419. The van der Waals surface area contributed by atoms with Crippen molar-refractivity contribution in [1.82, 2.24) is 9.88 Å².